The van der Waals surface area contributed by atoms with Crippen LogP contribution in [0.4, 0.5) is 0 Å². The first-order chi connectivity index (χ1) is 8.13. The van der Waals surface area contributed by atoms with Gasteiger partial charge in [-0.25, -0.2) is 0 Å². The van der Waals surface area contributed by atoms with Crippen LogP contribution in [0.5, 0.6) is 0 Å². The van der Waals surface area contributed by atoms with Crippen molar-refractivity contribution in [2.24, 2.45) is 23.5 Å². The molecule has 0 spiro atoms. The van der Waals surface area contributed by atoms with Gasteiger partial charge in [-0.05, 0) is 31.1 Å². The largest absolute Gasteiger partial charge is 0.342 e. The van der Waals surface area contributed by atoms with Gasteiger partial charge in [0.15, 0.2) is 0 Å². The molecular formula is C14H26N2O. The van der Waals surface area contributed by atoms with Crippen molar-refractivity contribution in [1.82, 2.24) is 4.90 Å². The first-order valence-corrected chi connectivity index (χ1v) is 7.17. The highest BCUT2D eigenvalue weighted by Crippen LogP contribution is 2.31. The Hall–Kier alpha value is -0.570. The van der Waals surface area contributed by atoms with Crippen LogP contribution in [-0.4, -0.2) is 29.9 Å². The summed E-state index contributed by atoms with van der Waals surface area (Å²) in [5.41, 5.74) is 6.21. The zero-order valence-corrected chi connectivity index (χ0v) is 11.2. The minimum absolute atomic E-state index is 0.0805. The third-order valence-corrected chi connectivity index (χ3v) is 4.79. The van der Waals surface area contributed by atoms with Gasteiger partial charge in [0.1, 0.15) is 0 Å². The molecule has 1 heterocycles. The average molecular weight is 238 g/mol. The van der Waals surface area contributed by atoms with Gasteiger partial charge in [-0.3, -0.25) is 4.79 Å². The first kappa shape index (κ1) is 12.9. The number of amides is 1. The Morgan fingerprint density at radius 1 is 1.35 bits per heavy atom. The monoisotopic (exact) mass is 238 g/mol. The lowest BCUT2D eigenvalue weighted by Crippen LogP contribution is -2.48. The van der Waals surface area contributed by atoms with Crippen molar-refractivity contribution in [3.63, 3.8) is 0 Å². The summed E-state index contributed by atoms with van der Waals surface area (Å²) >= 11 is 0. The molecule has 0 aromatic rings. The molecule has 2 fully saturated rings. The number of hydrogen-bond acceptors (Lipinski definition) is 2. The van der Waals surface area contributed by atoms with Gasteiger partial charge in [0.25, 0.3) is 0 Å². The maximum absolute atomic E-state index is 12.5. The van der Waals surface area contributed by atoms with Crippen LogP contribution < -0.4 is 5.73 Å². The third-order valence-electron chi connectivity index (χ3n) is 4.79. The van der Waals surface area contributed by atoms with Crippen LogP contribution in [0.1, 0.15) is 46.0 Å². The fraction of sp³-hybridized carbons (Fsp3) is 0.929. The second-order valence-electron chi connectivity index (χ2n) is 5.94. The Bertz CT molecular complexity index is 279. The van der Waals surface area contributed by atoms with Gasteiger partial charge in [0, 0.05) is 19.1 Å². The SMILES string of the molecule is CCC1CCN(C(=O)C2CCCC(C)C2N)C1. The quantitative estimate of drug-likeness (QED) is 0.800. The molecular weight excluding hydrogens is 212 g/mol. The molecule has 1 aliphatic carbocycles. The molecule has 1 saturated carbocycles. The van der Waals surface area contributed by atoms with Gasteiger partial charge < -0.3 is 10.6 Å². The summed E-state index contributed by atoms with van der Waals surface area (Å²) in [5.74, 6) is 1.65. The van der Waals surface area contributed by atoms with Crippen molar-refractivity contribution < 1.29 is 4.79 Å². The van der Waals surface area contributed by atoms with E-state index < -0.39 is 0 Å². The lowest BCUT2D eigenvalue weighted by molar-refractivity contribution is -0.136. The molecule has 2 aliphatic rings. The molecule has 1 amide bonds. The molecule has 4 atom stereocenters. The van der Waals surface area contributed by atoms with E-state index >= 15 is 0 Å². The van der Waals surface area contributed by atoms with Crippen LogP contribution in [-0.2, 0) is 4.79 Å². The van der Waals surface area contributed by atoms with Gasteiger partial charge in [0.2, 0.25) is 5.91 Å². The molecule has 3 nitrogen and oxygen atoms in total. The van der Waals surface area contributed by atoms with Crippen molar-refractivity contribution in [2.75, 3.05) is 13.1 Å². The molecule has 3 heteroatoms. The second kappa shape index (κ2) is 5.38. The van der Waals surface area contributed by atoms with Crippen LogP contribution in [0.2, 0.25) is 0 Å². The highest BCUT2D eigenvalue weighted by Gasteiger charge is 2.37. The van der Waals surface area contributed by atoms with Crippen molar-refractivity contribution in [3.05, 3.63) is 0 Å². The van der Waals surface area contributed by atoms with Gasteiger partial charge in [-0.2, -0.15) is 0 Å². The van der Waals surface area contributed by atoms with E-state index in [4.69, 9.17) is 5.73 Å². The van der Waals surface area contributed by atoms with Crippen molar-refractivity contribution in [1.29, 1.82) is 0 Å². The van der Waals surface area contributed by atoms with Crippen molar-refractivity contribution in [3.8, 4) is 0 Å². The summed E-state index contributed by atoms with van der Waals surface area (Å²) in [6.45, 7) is 6.32. The highest BCUT2D eigenvalue weighted by atomic mass is 16.2. The van der Waals surface area contributed by atoms with Gasteiger partial charge in [-0.15, -0.1) is 0 Å². The first-order valence-electron chi connectivity index (χ1n) is 7.17. The maximum Gasteiger partial charge on any atom is 0.227 e. The number of hydrogen-bond donors (Lipinski definition) is 1. The third kappa shape index (κ3) is 2.65. The second-order valence-corrected chi connectivity index (χ2v) is 5.94. The molecule has 0 bridgehead atoms. The Morgan fingerprint density at radius 2 is 2.12 bits per heavy atom. The van der Waals surface area contributed by atoms with Gasteiger partial charge in [0.05, 0.1) is 5.92 Å². The van der Waals surface area contributed by atoms with Crippen LogP contribution in [0.25, 0.3) is 0 Å². The molecule has 0 aromatic heterocycles. The lowest BCUT2D eigenvalue weighted by Gasteiger charge is -2.35. The van der Waals surface area contributed by atoms with E-state index in [1.165, 1.54) is 19.3 Å². The lowest BCUT2D eigenvalue weighted by atomic mass is 9.77. The van der Waals surface area contributed by atoms with E-state index in [2.05, 4.69) is 18.7 Å². The summed E-state index contributed by atoms with van der Waals surface area (Å²) < 4.78 is 0. The van der Waals surface area contributed by atoms with Crippen LogP contribution in [0.15, 0.2) is 0 Å². The Labute approximate surface area is 105 Å². The highest BCUT2D eigenvalue weighted by molar-refractivity contribution is 5.80. The molecule has 2 rings (SSSR count). The van der Waals surface area contributed by atoms with E-state index in [1.807, 2.05) is 0 Å². The molecule has 17 heavy (non-hydrogen) atoms. The van der Waals surface area contributed by atoms with Crippen LogP contribution in [0, 0.1) is 17.8 Å². The predicted molar refractivity (Wildman–Crippen MR) is 69.5 cm³/mol. The number of carbonyl (C=O) groups excluding carboxylic acids is 1. The molecule has 0 aromatic carbocycles. The van der Waals surface area contributed by atoms with Gasteiger partial charge >= 0.3 is 0 Å². The van der Waals surface area contributed by atoms with E-state index in [9.17, 15) is 4.79 Å². The van der Waals surface area contributed by atoms with Gasteiger partial charge in [-0.1, -0.05) is 26.7 Å². The minimum atomic E-state index is 0.0805. The number of rotatable bonds is 2. The normalized spacial score (nSPS) is 38.4. The summed E-state index contributed by atoms with van der Waals surface area (Å²) in [5, 5.41) is 0. The topological polar surface area (TPSA) is 46.3 Å². The Kier molecular flexibility index (Phi) is 4.08. The fourth-order valence-electron chi connectivity index (χ4n) is 3.33. The van der Waals surface area contributed by atoms with E-state index in [0.717, 1.165) is 31.8 Å². The van der Waals surface area contributed by atoms with Crippen molar-refractivity contribution in [2.45, 2.75) is 52.0 Å². The van der Waals surface area contributed by atoms with Crippen LogP contribution in [0.3, 0.4) is 0 Å². The Morgan fingerprint density at radius 3 is 2.76 bits per heavy atom. The minimum Gasteiger partial charge on any atom is -0.342 e. The number of likely N-dealkylation sites (tertiary alicyclic amines) is 1. The van der Waals surface area contributed by atoms with E-state index in [0.29, 0.717) is 11.8 Å². The molecule has 2 N–H and O–H groups in total. The number of nitrogens with two attached hydrogens (primary N) is 1. The molecule has 1 aliphatic heterocycles. The Balaban J connectivity index is 1.95. The smallest absolute Gasteiger partial charge is 0.227 e. The summed E-state index contributed by atoms with van der Waals surface area (Å²) in [4.78, 5) is 14.5. The summed E-state index contributed by atoms with van der Waals surface area (Å²) in [7, 11) is 0. The molecule has 0 radical (unpaired) electrons. The molecule has 98 valence electrons. The van der Waals surface area contributed by atoms with Crippen LogP contribution >= 0.6 is 0 Å². The van der Waals surface area contributed by atoms with Crippen molar-refractivity contribution >= 4 is 5.91 Å². The zero-order chi connectivity index (χ0) is 12.4. The van der Waals surface area contributed by atoms with E-state index in [1.54, 1.807) is 0 Å². The standard InChI is InChI=1S/C14H26N2O/c1-3-11-7-8-16(9-11)14(17)12-6-4-5-10(2)13(12)15/h10-13H,3-9,15H2,1-2H3. The van der Waals surface area contributed by atoms with E-state index in [-0.39, 0.29) is 12.0 Å². The summed E-state index contributed by atoms with van der Waals surface area (Å²) in [6, 6.07) is 0.0805. The predicted octanol–water partition coefficient (Wildman–Crippen LogP) is 2.01. The summed E-state index contributed by atoms with van der Waals surface area (Å²) in [6.07, 6.45) is 5.72. The molecule has 1 saturated heterocycles. The molecule has 4 unspecified atom stereocenters. The average Bonchev–Trinajstić information content (AvgIpc) is 2.80. The number of carbonyl (C=O) groups is 1. The zero-order valence-electron chi connectivity index (χ0n) is 11.2. The maximum atomic E-state index is 12.5. The fourth-order valence-corrected chi connectivity index (χ4v) is 3.33. The number of nitrogens with zero attached hydrogens (tertiary/aromatic N) is 1.